The number of aromatic nitrogens is 3. The third-order valence-corrected chi connectivity index (χ3v) is 3.90. The minimum Gasteiger partial charge on any atom is -0.355 e. The summed E-state index contributed by atoms with van der Waals surface area (Å²) in [4.78, 5) is 30.3. The van der Waals surface area contributed by atoms with Crippen molar-refractivity contribution >= 4 is 11.8 Å². The van der Waals surface area contributed by atoms with Gasteiger partial charge in [-0.2, -0.15) is 5.10 Å². The SMILES string of the molecule is CNC(=O)c1cn[nH]c1[C@H]1CCCN1C(=O)c1cccnc1. The van der Waals surface area contributed by atoms with Crippen LogP contribution in [-0.4, -0.2) is 45.5 Å². The minimum atomic E-state index is -0.204. The van der Waals surface area contributed by atoms with Crippen molar-refractivity contribution in [3.05, 3.63) is 47.5 Å². The third-order valence-electron chi connectivity index (χ3n) is 3.90. The molecule has 7 nitrogen and oxygen atoms in total. The summed E-state index contributed by atoms with van der Waals surface area (Å²) >= 11 is 0. The molecule has 1 saturated heterocycles. The number of nitrogens with one attached hydrogen (secondary N) is 2. The first-order valence-electron chi connectivity index (χ1n) is 7.18. The summed E-state index contributed by atoms with van der Waals surface area (Å²) in [6.45, 7) is 0.657. The van der Waals surface area contributed by atoms with Gasteiger partial charge in [0.25, 0.3) is 11.8 Å². The van der Waals surface area contributed by atoms with E-state index < -0.39 is 0 Å². The zero-order valence-corrected chi connectivity index (χ0v) is 12.2. The maximum Gasteiger partial charge on any atom is 0.255 e. The van der Waals surface area contributed by atoms with Gasteiger partial charge in [-0.1, -0.05) is 0 Å². The smallest absolute Gasteiger partial charge is 0.255 e. The van der Waals surface area contributed by atoms with Crippen LogP contribution in [0.1, 0.15) is 45.3 Å². The molecular weight excluding hydrogens is 282 g/mol. The summed E-state index contributed by atoms with van der Waals surface area (Å²) in [5.41, 5.74) is 1.72. The highest BCUT2D eigenvalue weighted by Gasteiger charge is 2.34. The molecule has 1 aliphatic heterocycles. The summed E-state index contributed by atoms with van der Waals surface area (Å²) in [6, 6.07) is 3.32. The summed E-state index contributed by atoms with van der Waals surface area (Å²) in [7, 11) is 1.58. The molecule has 2 aromatic rings. The lowest BCUT2D eigenvalue weighted by Gasteiger charge is -2.24. The first kappa shape index (κ1) is 14.2. The molecule has 1 aliphatic rings. The van der Waals surface area contributed by atoms with Crippen molar-refractivity contribution in [2.24, 2.45) is 0 Å². The fraction of sp³-hybridized carbons (Fsp3) is 0.333. The van der Waals surface area contributed by atoms with E-state index in [0.717, 1.165) is 12.8 Å². The summed E-state index contributed by atoms with van der Waals surface area (Å²) in [5.74, 6) is -0.280. The molecule has 2 amide bonds. The Labute approximate surface area is 127 Å². The summed E-state index contributed by atoms with van der Waals surface area (Å²) in [6.07, 6.45) is 6.39. The average molecular weight is 299 g/mol. The fourth-order valence-electron chi connectivity index (χ4n) is 2.83. The molecule has 114 valence electrons. The molecule has 7 heteroatoms. The van der Waals surface area contributed by atoms with Crippen LogP contribution >= 0.6 is 0 Å². The van der Waals surface area contributed by atoms with Crippen LogP contribution in [0.2, 0.25) is 0 Å². The van der Waals surface area contributed by atoms with E-state index in [4.69, 9.17) is 0 Å². The second-order valence-corrected chi connectivity index (χ2v) is 5.17. The Kier molecular flexibility index (Phi) is 3.86. The Balaban J connectivity index is 1.90. The van der Waals surface area contributed by atoms with Crippen molar-refractivity contribution in [2.45, 2.75) is 18.9 Å². The molecule has 0 aliphatic carbocycles. The van der Waals surface area contributed by atoms with E-state index in [2.05, 4.69) is 20.5 Å². The average Bonchev–Trinajstić information content (AvgIpc) is 3.22. The van der Waals surface area contributed by atoms with Crippen molar-refractivity contribution in [2.75, 3.05) is 13.6 Å². The van der Waals surface area contributed by atoms with E-state index in [1.165, 1.54) is 6.20 Å². The van der Waals surface area contributed by atoms with Gasteiger partial charge < -0.3 is 10.2 Å². The van der Waals surface area contributed by atoms with E-state index in [1.807, 2.05) is 0 Å². The quantitative estimate of drug-likeness (QED) is 0.889. The van der Waals surface area contributed by atoms with Gasteiger partial charge in [0.15, 0.2) is 0 Å². The minimum absolute atomic E-state index is 0.0759. The molecule has 0 unspecified atom stereocenters. The highest BCUT2D eigenvalue weighted by molar-refractivity contribution is 5.96. The number of pyridine rings is 1. The lowest BCUT2D eigenvalue weighted by Crippen LogP contribution is -2.32. The van der Waals surface area contributed by atoms with Crippen LogP contribution in [0.25, 0.3) is 0 Å². The zero-order chi connectivity index (χ0) is 15.5. The first-order chi connectivity index (χ1) is 10.7. The molecular formula is C15H17N5O2. The fourth-order valence-corrected chi connectivity index (χ4v) is 2.83. The normalized spacial score (nSPS) is 17.5. The monoisotopic (exact) mass is 299 g/mol. The Bertz CT molecular complexity index is 682. The van der Waals surface area contributed by atoms with Gasteiger partial charge in [0.1, 0.15) is 0 Å². The van der Waals surface area contributed by atoms with Crippen LogP contribution in [0.4, 0.5) is 0 Å². The number of nitrogens with zero attached hydrogens (tertiary/aromatic N) is 3. The number of carbonyl (C=O) groups excluding carboxylic acids is 2. The number of amides is 2. The zero-order valence-electron chi connectivity index (χ0n) is 12.2. The number of rotatable bonds is 3. The maximum absolute atomic E-state index is 12.7. The van der Waals surface area contributed by atoms with E-state index >= 15 is 0 Å². The van der Waals surface area contributed by atoms with Crippen LogP contribution in [0.5, 0.6) is 0 Å². The molecule has 0 bridgehead atoms. The molecule has 0 radical (unpaired) electrons. The molecule has 0 aromatic carbocycles. The number of hydrogen-bond acceptors (Lipinski definition) is 4. The van der Waals surface area contributed by atoms with Gasteiger partial charge in [-0.3, -0.25) is 19.7 Å². The topological polar surface area (TPSA) is 91.0 Å². The predicted octanol–water partition coefficient (Wildman–Crippen LogP) is 1.14. The standard InChI is InChI=1S/C15H17N5O2/c1-16-14(21)11-9-18-19-13(11)12-5-3-7-20(12)15(22)10-4-2-6-17-8-10/h2,4,6,8-9,12H,3,5,7H2,1H3,(H,16,21)(H,18,19)/t12-/m1/s1. The molecule has 0 spiro atoms. The van der Waals surface area contributed by atoms with Crippen LogP contribution < -0.4 is 5.32 Å². The molecule has 1 fully saturated rings. The van der Waals surface area contributed by atoms with Crippen LogP contribution in [0, 0.1) is 0 Å². The van der Waals surface area contributed by atoms with Crippen molar-refractivity contribution in [3.8, 4) is 0 Å². The van der Waals surface area contributed by atoms with Gasteiger partial charge >= 0.3 is 0 Å². The number of aromatic amines is 1. The van der Waals surface area contributed by atoms with Gasteiger partial charge in [-0.05, 0) is 25.0 Å². The first-order valence-corrected chi connectivity index (χ1v) is 7.18. The summed E-state index contributed by atoms with van der Waals surface area (Å²) in [5, 5.41) is 9.44. The van der Waals surface area contributed by atoms with E-state index in [9.17, 15) is 9.59 Å². The van der Waals surface area contributed by atoms with Crippen LogP contribution in [-0.2, 0) is 0 Å². The summed E-state index contributed by atoms with van der Waals surface area (Å²) < 4.78 is 0. The number of H-pyrrole nitrogens is 1. The molecule has 22 heavy (non-hydrogen) atoms. The van der Waals surface area contributed by atoms with Crippen molar-refractivity contribution in [1.82, 2.24) is 25.4 Å². The Morgan fingerprint density at radius 3 is 3.00 bits per heavy atom. The van der Waals surface area contributed by atoms with Crippen molar-refractivity contribution < 1.29 is 9.59 Å². The lowest BCUT2D eigenvalue weighted by molar-refractivity contribution is 0.0729. The molecule has 3 heterocycles. The third kappa shape index (κ3) is 2.45. The van der Waals surface area contributed by atoms with Crippen molar-refractivity contribution in [3.63, 3.8) is 0 Å². The van der Waals surface area contributed by atoms with E-state index in [1.54, 1.807) is 36.5 Å². The second-order valence-electron chi connectivity index (χ2n) is 5.17. The second kappa shape index (κ2) is 5.97. The van der Waals surface area contributed by atoms with E-state index in [-0.39, 0.29) is 17.9 Å². The Morgan fingerprint density at radius 1 is 1.41 bits per heavy atom. The van der Waals surface area contributed by atoms with Gasteiger partial charge in [0.2, 0.25) is 0 Å². The molecule has 3 rings (SSSR count). The molecule has 1 atom stereocenters. The Morgan fingerprint density at radius 2 is 2.27 bits per heavy atom. The van der Waals surface area contributed by atoms with Crippen LogP contribution in [0.15, 0.2) is 30.7 Å². The number of likely N-dealkylation sites (tertiary alicyclic amines) is 1. The molecule has 0 saturated carbocycles. The van der Waals surface area contributed by atoms with Gasteiger partial charge in [-0.15, -0.1) is 0 Å². The van der Waals surface area contributed by atoms with Crippen molar-refractivity contribution in [1.29, 1.82) is 0 Å². The van der Waals surface area contributed by atoms with Crippen LogP contribution in [0.3, 0.4) is 0 Å². The molecule has 2 aromatic heterocycles. The maximum atomic E-state index is 12.7. The lowest BCUT2D eigenvalue weighted by atomic mass is 10.1. The molecule has 2 N–H and O–H groups in total. The van der Waals surface area contributed by atoms with Gasteiger partial charge in [0, 0.05) is 26.0 Å². The van der Waals surface area contributed by atoms with Gasteiger partial charge in [0.05, 0.1) is 29.1 Å². The highest BCUT2D eigenvalue weighted by atomic mass is 16.2. The van der Waals surface area contributed by atoms with E-state index in [0.29, 0.717) is 23.4 Å². The largest absolute Gasteiger partial charge is 0.355 e. The highest BCUT2D eigenvalue weighted by Crippen LogP contribution is 2.33. The number of carbonyl (C=O) groups is 2. The predicted molar refractivity (Wildman–Crippen MR) is 79.2 cm³/mol. The number of hydrogen-bond donors (Lipinski definition) is 2. The Hall–Kier alpha value is -2.70. The van der Waals surface area contributed by atoms with Gasteiger partial charge in [-0.25, -0.2) is 0 Å².